The van der Waals surface area contributed by atoms with E-state index in [1.54, 1.807) is 0 Å². The number of aliphatic carboxylic acids is 1. The van der Waals surface area contributed by atoms with E-state index in [1.807, 2.05) is 0 Å². The fraction of sp³-hybridized carbons (Fsp3) is 0.923. The average molecular weight is 227 g/mol. The van der Waals surface area contributed by atoms with E-state index in [-0.39, 0.29) is 0 Å². The Morgan fingerprint density at radius 2 is 2.06 bits per heavy atom. The minimum Gasteiger partial charge on any atom is -0.481 e. The van der Waals surface area contributed by atoms with Crippen LogP contribution in [-0.4, -0.2) is 24.2 Å². The fourth-order valence-corrected chi connectivity index (χ4v) is 2.28. The second kappa shape index (κ2) is 6.89. The van der Waals surface area contributed by atoms with Gasteiger partial charge >= 0.3 is 5.97 Å². The van der Waals surface area contributed by atoms with Gasteiger partial charge in [0.1, 0.15) is 0 Å². The molecule has 0 aliphatic heterocycles. The Morgan fingerprint density at radius 1 is 1.31 bits per heavy atom. The van der Waals surface area contributed by atoms with Gasteiger partial charge in [-0.2, -0.15) is 0 Å². The van der Waals surface area contributed by atoms with Crippen LogP contribution in [0.4, 0.5) is 0 Å². The lowest BCUT2D eigenvalue weighted by Gasteiger charge is -2.14. The van der Waals surface area contributed by atoms with Gasteiger partial charge in [-0.1, -0.05) is 19.8 Å². The standard InChI is InChI=1S/C13H25NO2/c1-2-7-13(8-9-13)11-14-10-5-3-4-6-12(15)16/h14H,2-11H2,1H3,(H,15,16). The summed E-state index contributed by atoms with van der Waals surface area (Å²) in [6.45, 7) is 4.47. The molecule has 1 aliphatic rings. The Labute approximate surface area is 98.6 Å². The van der Waals surface area contributed by atoms with Crippen LogP contribution in [0.15, 0.2) is 0 Å². The summed E-state index contributed by atoms with van der Waals surface area (Å²) in [6.07, 6.45) is 8.71. The summed E-state index contributed by atoms with van der Waals surface area (Å²) in [5.41, 5.74) is 0.635. The first-order valence-electron chi connectivity index (χ1n) is 6.61. The molecule has 0 bridgehead atoms. The van der Waals surface area contributed by atoms with E-state index < -0.39 is 5.97 Å². The monoisotopic (exact) mass is 227 g/mol. The van der Waals surface area contributed by atoms with Crippen molar-refractivity contribution in [2.75, 3.05) is 13.1 Å². The van der Waals surface area contributed by atoms with Crippen molar-refractivity contribution in [3.05, 3.63) is 0 Å². The van der Waals surface area contributed by atoms with E-state index in [9.17, 15) is 4.79 Å². The van der Waals surface area contributed by atoms with Gasteiger partial charge < -0.3 is 10.4 Å². The molecule has 0 radical (unpaired) electrons. The smallest absolute Gasteiger partial charge is 0.303 e. The first kappa shape index (κ1) is 13.5. The third-order valence-electron chi connectivity index (χ3n) is 3.48. The van der Waals surface area contributed by atoms with Gasteiger partial charge in [0.15, 0.2) is 0 Å². The van der Waals surface area contributed by atoms with Crippen molar-refractivity contribution in [1.29, 1.82) is 0 Å². The molecule has 0 atom stereocenters. The SMILES string of the molecule is CCCC1(CNCCCCCC(=O)O)CC1. The van der Waals surface area contributed by atoms with Crippen LogP contribution in [0.3, 0.4) is 0 Å². The quantitative estimate of drug-likeness (QED) is 0.564. The van der Waals surface area contributed by atoms with E-state index >= 15 is 0 Å². The first-order chi connectivity index (χ1) is 7.68. The van der Waals surface area contributed by atoms with Crippen LogP contribution in [0.1, 0.15) is 58.3 Å². The maximum absolute atomic E-state index is 10.3. The summed E-state index contributed by atoms with van der Waals surface area (Å²) < 4.78 is 0. The third kappa shape index (κ3) is 5.50. The Morgan fingerprint density at radius 3 is 2.62 bits per heavy atom. The van der Waals surface area contributed by atoms with Crippen LogP contribution >= 0.6 is 0 Å². The Kier molecular flexibility index (Phi) is 5.81. The number of rotatable bonds is 10. The molecule has 0 aromatic carbocycles. The molecule has 94 valence electrons. The van der Waals surface area contributed by atoms with Gasteiger partial charge in [-0.05, 0) is 44.1 Å². The van der Waals surface area contributed by atoms with Crippen LogP contribution in [0.2, 0.25) is 0 Å². The molecule has 16 heavy (non-hydrogen) atoms. The molecule has 0 amide bonds. The number of hydrogen-bond donors (Lipinski definition) is 2. The maximum atomic E-state index is 10.3. The molecule has 0 saturated heterocycles. The zero-order chi connectivity index (χ0) is 11.9. The van der Waals surface area contributed by atoms with Crippen LogP contribution in [0, 0.1) is 5.41 Å². The van der Waals surface area contributed by atoms with Gasteiger partial charge in [-0.3, -0.25) is 4.79 Å². The number of nitrogens with one attached hydrogen (secondary N) is 1. The lowest BCUT2D eigenvalue weighted by atomic mass is 10.0. The Balaban J connectivity index is 1.87. The fourth-order valence-electron chi connectivity index (χ4n) is 2.28. The van der Waals surface area contributed by atoms with E-state index in [4.69, 9.17) is 5.11 Å². The van der Waals surface area contributed by atoms with Crippen LogP contribution in [0.25, 0.3) is 0 Å². The molecule has 1 rings (SSSR count). The molecule has 0 heterocycles. The van der Waals surface area contributed by atoms with Crippen molar-refractivity contribution in [1.82, 2.24) is 5.32 Å². The lowest BCUT2D eigenvalue weighted by Crippen LogP contribution is -2.24. The molecular formula is C13H25NO2. The van der Waals surface area contributed by atoms with Gasteiger partial charge in [0, 0.05) is 13.0 Å². The average Bonchev–Trinajstić information content (AvgIpc) is 2.97. The highest BCUT2D eigenvalue weighted by atomic mass is 16.4. The minimum atomic E-state index is -0.673. The predicted molar refractivity (Wildman–Crippen MR) is 65.5 cm³/mol. The summed E-state index contributed by atoms with van der Waals surface area (Å²) in [5.74, 6) is -0.673. The zero-order valence-corrected chi connectivity index (χ0v) is 10.4. The summed E-state index contributed by atoms with van der Waals surface area (Å²) >= 11 is 0. The topological polar surface area (TPSA) is 49.3 Å². The predicted octanol–water partition coefficient (Wildman–Crippen LogP) is 2.80. The minimum absolute atomic E-state index is 0.319. The highest BCUT2D eigenvalue weighted by Gasteiger charge is 2.40. The molecule has 0 aromatic rings. The van der Waals surface area contributed by atoms with Gasteiger partial charge in [0.2, 0.25) is 0 Å². The van der Waals surface area contributed by atoms with Crippen molar-refractivity contribution in [3.8, 4) is 0 Å². The second-order valence-electron chi connectivity index (χ2n) is 5.13. The van der Waals surface area contributed by atoms with Gasteiger partial charge in [0.05, 0.1) is 0 Å². The second-order valence-corrected chi connectivity index (χ2v) is 5.13. The van der Waals surface area contributed by atoms with Crippen molar-refractivity contribution in [2.24, 2.45) is 5.41 Å². The molecule has 0 unspecified atom stereocenters. The van der Waals surface area contributed by atoms with Crippen LogP contribution in [0.5, 0.6) is 0 Å². The van der Waals surface area contributed by atoms with E-state index in [0.717, 1.165) is 25.8 Å². The Hall–Kier alpha value is -0.570. The number of unbranched alkanes of at least 4 members (excludes halogenated alkanes) is 2. The molecule has 0 spiro atoms. The molecule has 1 saturated carbocycles. The van der Waals surface area contributed by atoms with Crippen molar-refractivity contribution < 1.29 is 9.90 Å². The molecule has 3 nitrogen and oxygen atoms in total. The van der Waals surface area contributed by atoms with Gasteiger partial charge in [-0.25, -0.2) is 0 Å². The molecule has 1 fully saturated rings. The number of carboxylic acid groups (broad SMARTS) is 1. The summed E-state index contributed by atoms with van der Waals surface area (Å²) in [6, 6.07) is 0. The maximum Gasteiger partial charge on any atom is 0.303 e. The number of carbonyl (C=O) groups is 1. The molecule has 3 heteroatoms. The largest absolute Gasteiger partial charge is 0.481 e. The molecular weight excluding hydrogens is 202 g/mol. The highest BCUT2D eigenvalue weighted by Crippen LogP contribution is 2.48. The molecule has 1 aliphatic carbocycles. The summed E-state index contributed by atoms with van der Waals surface area (Å²) in [5, 5.41) is 12.0. The van der Waals surface area contributed by atoms with Gasteiger partial charge in [0.25, 0.3) is 0 Å². The molecule has 0 aromatic heterocycles. The molecule has 2 N–H and O–H groups in total. The summed E-state index contributed by atoms with van der Waals surface area (Å²) in [4.78, 5) is 10.3. The van der Waals surface area contributed by atoms with Crippen molar-refractivity contribution in [3.63, 3.8) is 0 Å². The van der Waals surface area contributed by atoms with E-state index in [2.05, 4.69) is 12.2 Å². The summed E-state index contributed by atoms with van der Waals surface area (Å²) in [7, 11) is 0. The van der Waals surface area contributed by atoms with Crippen molar-refractivity contribution >= 4 is 5.97 Å². The first-order valence-corrected chi connectivity index (χ1v) is 6.61. The normalized spacial score (nSPS) is 17.3. The van der Waals surface area contributed by atoms with E-state index in [1.165, 1.54) is 32.2 Å². The van der Waals surface area contributed by atoms with Crippen molar-refractivity contribution in [2.45, 2.75) is 58.3 Å². The highest BCUT2D eigenvalue weighted by molar-refractivity contribution is 5.66. The van der Waals surface area contributed by atoms with Gasteiger partial charge in [-0.15, -0.1) is 0 Å². The van der Waals surface area contributed by atoms with Crippen LogP contribution < -0.4 is 5.32 Å². The van der Waals surface area contributed by atoms with E-state index in [0.29, 0.717) is 11.8 Å². The van der Waals surface area contributed by atoms with Crippen LogP contribution in [-0.2, 0) is 4.79 Å². The zero-order valence-electron chi connectivity index (χ0n) is 10.4. The lowest BCUT2D eigenvalue weighted by molar-refractivity contribution is -0.137. The Bertz CT molecular complexity index is 212. The number of hydrogen-bond acceptors (Lipinski definition) is 2. The number of carboxylic acids is 1. The third-order valence-corrected chi connectivity index (χ3v) is 3.48.